The van der Waals surface area contributed by atoms with Crippen LogP contribution < -0.4 is 20.9 Å². The molecule has 2 N–H and O–H groups in total. The lowest BCUT2D eigenvalue weighted by molar-refractivity contribution is 0.0950. The molecule has 0 bridgehead atoms. The number of anilines is 1. The number of nitrogens with one attached hydrogen (secondary N) is 2. The van der Waals surface area contributed by atoms with Gasteiger partial charge in [-0.25, -0.2) is 0 Å². The molecule has 2 heterocycles. The third kappa shape index (κ3) is 5.95. The van der Waals surface area contributed by atoms with Crippen LogP contribution in [-0.2, 0) is 19.6 Å². The first kappa shape index (κ1) is 23.8. The van der Waals surface area contributed by atoms with E-state index in [1.165, 1.54) is 6.07 Å². The minimum absolute atomic E-state index is 0.199. The molecule has 7 heteroatoms. The van der Waals surface area contributed by atoms with Gasteiger partial charge in [-0.2, -0.15) is 0 Å². The van der Waals surface area contributed by atoms with Crippen molar-refractivity contribution in [1.29, 1.82) is 0 Å². The fourth-order valence-corrected chi connectivity index (χ4v) is 3.85. The number of amides is 1. The van der Waals surface area contributed by atoms with Crippen LogP contribution in [0.5, 0.6) is 5.75 Å². The second kappa shape index (κ2) is 11.2. The first-order valence-corrected chi connectivity index (χ1v) is 11.4. The van der Waals surface area contributed by atoms with Crippen LogP contribution in [0.3, 0.4) is 0 Å². The van der Waals surface area contributed by atoms with Gasteiger partial charge in [0.2, 0.25) is 0 Å². The Kier molecular flexibility index (Phi) is 7.57. The second-order valence-electron chi connectivity index (χ2n) is 8.13. The number of carbonyl (C=O) groups is 1. The summed E-state index contributed by atoms with van der Waals surface area (Å²) in [5.41, 5.74) is 4.05. The van der Waals surface area contributed by atoms with Crippen molar-refractivity contribution in [2.24, 2.45) is 0 Å². The van der Waals surface area contributed by atoms with Gasteiger partial charge in [0, 0.05) is 31.0 Å². The Morgan fingerprint density at radius 1 is 0.943 bits per heavy atom. The van der Waals surface area contributed by atoms with Crippen LogP contribution in [0.2, 0.25) is 0 Å². The second-order valence-corrected chi connectivity index (χ2v) is 8.13. The molecule has 0 unspecified atom stereocenters. The maximum Gasteiger partial charge on any atom is 0.255 e. The standard InChI is InChI=1S/C28H28N4O3/c1-20-27(28(34)31-18-22-11-13-24(35-2)14-12-22)25(30-17-21-8-4-3-5-9-21)16-26(33)32(20)19-23-10-6-7-15-29-23/h3-16,30H,17-19H2,1-2H3,(H,31,34). The Morgan fingerprint density at radius 3 is 2.34 bits per heavy atom. The third-order valence-corrected chi connectivity index (χ3v) is 5.78. The number of ether oxygens (including phenoxy) is 1. The number of hydrogen-bond acceptors (Lipinski definition) is 5. The molecule has 0 atom stereocenters. The fraction of sp³-hybridized carbons (Fsp3) is 0.179. The zero-order chi connectivity index (χ0) is 24.6. The molecule has 0 spiro atoms. The minimum atomic E-state index is -0.261. The Bertz CT molecular complexity index is 1330. The lowest BCUT2D eigenvalue weighted by Gasteiger charge is -2.19. The highest BCUT2D eigenvalue weighted by Gasteiger charge is 2.19. The summed E-state index contributed by atoms with van der Waals surface area (Å²) in [5.74, 6) is 0.494. The average molecular weight is 469 g/mol. The van der Waals surface area contributed by atoms with Gasteiger partial charge in [0.25, 0.3) is 11.5 Å². The Hall–Kier alpha value is -4.39. The smallest absolute Gasteiger partial charge is 0.255 e. The molecule has 0 aliphatic heterocycles. The number of pyridine rings is 2. The highest BCUT2D eigenvalue weighted by Crippen LogP contribution is 2.20. The van der Waals surface area contributed by atoms with Gasteiger partial charge >= 0.3 is 0 Å². The predicted octanol–water partition coefficient (Wildman–Crippen LogP) is 4.15. The van der Waals surface area contributed by atoms with Gasteiger partial charge in [-0.15, -0.1) is 0 Å². The van der Waals surface area contributed by atoms with Crippen LogP contribution in [0, 0.1) is 6.92 Å². The van der Waals surface area contributed by atoms with E-state index in [2.05, 4.69) is 15.6 Å². The van der Waals surface area contributed by atoms with E-state index in [0.717, 1.165) is 22.6 Å². The van der Waals surface area contributed by atoms with E-state index >= 15 is 0 Å². The molecule has 0 saturated heterocycles. The van der Waals surface area contributed by atoms with Crippen molar-refractivity contribution < 1.29 is 9.53 Å². The highest BCUT2D eigenvalue weighted by atomic mass is 16.5. The summed E-state index contributed by atoms with van der Waals surface area (Å²) < 4.78 is 6.78. The third-order valence-electron chi connectivity index (χ3n) is 5.78. The van der Waals surface area contributed by atoms with Crippen molar-refractivity contribution in [3.8, 4) is 5.75 Å². The average Bonchev–Trinajstić information content (AvgIpc) is 2.90. The molecule has 4 rings (SSSR count). The van der Waals surface area contributed by atoms with Crippen LogP contribution in [-0.4, -0.2) is 22.6 Å². The summed E-state index contributed by atoms with van der Waals surface area (Å²) in [6, 6.07) is 24.4. The van der Waals surface area contributed by atoms with E-state index < -0.39 is 0 Å². The van der Waals surface area contributed by atoms with Gasteiger partial charge in [0.1, 0.15) is 5.75 Å². The van der Waals surface area contributed by atoms with E-state index in [4.69, 9.17) is 4.74 Å². The quantitative estimate of drug-likeness (QED) is 0.386. The van der Waals surface area contributed by atoms with E-state index in [1.54, 1.807) is 24.8 Å². The molecular formula is C28H28N4O3. The van der Waals surface area contributed by atoms with E-state index in [-0.39, 0.29) is 18.0 Å². The molecule has 0 saturated carbocycles. The molecule has 0 fully saturated rings. The largest absolute Gasteiger partial charge is 0.497 e. The summed E-state index contributed by atoms with van der Waals surface area (Å²) in [6.45, 7) is 2.91. The van der Waals surface area contributed by atoms with Gasteiger partial charge in [-0.3, -0.25) is 14.6 Å². The maximum atomic E-state index is 13.4. The predicted molar refractivity (Wildman–Crippen MR) is 137 cm³/mol. The van der Waals surface area contributed by atoms with E-state index in [0.29, 0.717) is 30.0 Å². The number of nitrogens with zero attached hydrogens (tertiary/aromatic N) is 2. The van der Waals surface area contributed by atoms with Gasteiger partial charge in [-0.05, 0) is 42.3 Å². The van der Waals surface area contributed by atoms with Gasteiger partial charge in [0.15, 0.2) is 0 Å². The number of aromatic nitrogens is 2. The summed E-state index contributed by atoms with van der Waals surface area (Å²) in [4.78, 5) is 30.8. The fourth-order valence-electron chi connectivity index (χ4n) is 3.85. The van der Waals surface area contributed by atoms with Crippen LogP contribution in [0.4, 0.5) is 5.69 Å². The number of carbonyl (C=O) groups excluding carboxylic acids is 1. The molecule has 2 aromatic heterocycles. The van der Waals surface area contributed by atoms with Gasteiger partial charge in [0.05, 0.1) is 30.6 Å². The number of benzene rings is 2. The summed E-state index contributed by atoms with van der Waals surface area (Å²) in [5, 5.41) is 6.28. The molecule has 0 aliphatic rings. The zero-order valence-corrected chi connectivity index (χ0v) is 19.8. The number of rotatable bonds is 9. The monoisotopic (exact) mass is 468 g/mol. The van der Waals surface area contributed by atoms with Crippen LogP contribution in [0.15, 0.2) is 89.9 Å². The molecule has 35 heavy (non-hydrogen) atoms. The first-order chi connectivity index (χ1) is 17.0. The summed E-state index contributed by atoms with van der Waals surface area (Å²) >= 11 is 0. The van der Waals surface area contributed by atoms with Crippen LogP contribution in [0.1, 0.15) is 32.9 Å². The Balaban J connectivity index is 1.63. The number of hydrogen-bond donors (Lipinski definition) is 2. The van der Waals surface area contributed by atoms with Gasteiger partial charge < -0.3 is 19.9 Å². The van der Waals surface area contributed by atoms with Crippen molar-refractivity contribution in [2.45, 2.75) is 26.6 Å². The molecule has 0 radical (unpaired) electrons. The minimum Gasteiger partial charge on any atom is -0.497 e. The van der Waals surface area contributed by atoms with Crippen molar-refractivity contribution >= 4 is 11.6 Å². The lowest BCUT2D eigenvalue weighted by atomic mass is 10.1. The summed E-state index contributed by atoms with van der Waals surface area (Å²) in [6.07, 6.45) is 1.69. The lowest BCUT2D eigenvalue weighted by Crippen LogP contribution is -2.31. The molecule has 4 aromatic rings. The normalized spacial score (nSPS) is 10.6. The van der Waals surface area contributed by atoms with Gasteiger partial charge in [-0.1, -0.05) is 48.5 Å². The van der Waals surface area contributed by atoms with Crippen molar-refractivity contribution in [3.63, 3.8) is 0 Å². The Morgan fingerprint density at radius 2 is 1.66 bits per heavy atom. The SMILES string of the molecule is COc1ccc(CNC(=O)c2c(NCc3ccccc3)cc(=O)n(Cc3ccccn3)c2C)cc1. The summed E-state index contributed by atoms with van der Waals surface area (Å²) in [7, 11) is 1.61. The molecular weight excluding hydrogens is 440 g/mol. The highest BCUT2D eigenvalue weighted by molar-refractivity contribution is 6.00. The van der Waals surface area contributed by atoms with Crippen molar-refractivity contribution in [2.75, 3.05) is 12.4 Å². The first-order valence-electron chi connectivity index (χ1n) is 11.4. The zero-order valence-electron chi connectivity index (χ0n) is 19.8. The van der Waals surface area contributed by atoms with Crippen molar-refractivity contribution in [3.05, 3.63) is 123 Å². The van der Waals surface area contributed by atoms with Crippen LogP contribution >= 0.6 is 0 Å². The number of methoxy groups -OCH3 is 1. The Labute approximate surface area is 204 Å². The van der Waals surface area contributed by atoms with Crippen LogP contribution in [0.25, 0.3) is 0 Å². The van der Waals surface area contributed by atoms with E-state index in [9.17, 15) is 9.59 Å². The maximum absolute atomic E-state index is 13.4. The molecule has 7 nitrogen and oxygen atoms in total. The van der Waals surface area contributed by atoms with E-state index in [1.807, 2.05) is 72.8 Å². The topological polar surface area (TPSA) is 85.3 Å². The molecule has 1 amide bonds. The van der Waals surface area contributed by atoms with Crippen molar-refractivity contribution in [1.82, 2.24) is 14.9 Å². The molecule has 0 aliphatic carbocycles. The molecule has 2 aromatic carbocycles. The molecule has 178 valence electrons.